The second-order valence-electron chi connectivity index (χ2n) is 9.60. The topological polar surface area (TPSA) is 51.4 Å². The Morgan fingerprint density at radius 2 is 1.66 bits per heavy atom. The first-order chi connectivity index (χ1) is 17.2. The van der Waals surface area contributed by atoms with E-state index in [4.69, 9.17) is 0 Å². The van der Waals surface area contributed by atoms with E-state index >= 15 is 0 Å². The van der Waals surface area contributed by atoms with Crippen molar-refractivity contribution in [2.75, 3.05) is 26.7 Å². The fourth-order valence-electron chi connectivity index (χ4n) is 5.24. The summed E-state index contributed by atoms with van der Waals surface area (Å²) in [6, 6.07) is 29.2. The van der Waals surface area contributed by atoms with Crippen LogP contribution in [-0.4, -0.2) is 59.5 Å². The first-order valence-electron chi connectivity index (χ1n) is 12.5. The molecule has 1 aliphatic heterocycles. The largest absolute Gasteiger partial charge is 0.361 e. The third-order valence-corrected chi connectivity index (χ3v) is 7.06. The van der Waals surface area contributed by atoms with Gasteiger partial charge in [-0.3, -0.25) is 9.69 Å². The molecule has 3 aromatic carbocycles. The van der Waals surface area contributed by atoms with Gasteiger partial charge in [0.25, 0.3) is 0 Å². The van der Waals surface area contributed by atoms with Crippen molar-refractivity contribution < 1.29 is 4.79 Å². The molecule has 1 amide bonds. The molecule has 2 N–H and O–H groups in total. The van der Waals surface area contributed by atoms with Gasteiger partial charge in [-0.15, -0.1) is 0 Å². The van der Waals surface area contributed by atoms with Crippen molar-refractivity contribution in [2.45, 2.75) is 31.5 Å². The number of benzene rings is 3. The molecule has 35 heavy (non-hydrogen) atoms. The fourth-order valence-corrected chi connectivity index (χ4v) is 5.24. The van der Waals surface area contributed by atoms with Gasteiger partial charge in [0, 0.05) is 56.4 Å². The first kappa shape index (κ1) is 23.3. The maximum Gasteiger partial charge on any atom is 0.240 e. The Morgan fingerprint density at radius 3 is 2.43 bits per heavy atom. The molecule has 1 fully saturated rings. The third-order valence-electron chi connectivity index (χ3n) is 7.06. The maximum absolute atomic E-state index is 13.8. The average molecular weight is 467 g/mol. The second-order valence-corrected chi connectivity index (χ2v) is 9.60. The van der Waals surface area contributed by atoms with Crippen LogP contribution in [0.5, 0.6) is 0 Å². The number of nitrogens with zero attached hydrogens (tertiary/aromatic N) is 2. The van der Waals surface area contributed by atoms with Gasteiger partial charge in [-0.2, -0.15) is 0 Å². The van der Waals surface area contributed by atoms with Crippen molar-refractivity contribution in [1.82, 2.24) is 20.1 Å². The molecule has 0 unspecified atom stereocenters. The fraction of sp³-hybridized carbons (Fsp3) is 0.300. The normalized spacial score (nSPS) is 17.3. The van der Waals surface area contributed by atoms with Crippen molar-refractivity contribution in [1.29, 1.82) is 0 Å². The monoisotopic (exact) mass is 466 g/mol. The first-order valence-corrected chi connectivity index (χ1v) is 12.5. The van der Waals surface area contributed by atoms with Gasteiger partial charge in [-0.1, -0.05) is 78.9 Å². The quantitative estimate of drug-likeness (QED) is 0.408. The Morgan fingerprint density at radius 1 is 0.971 bits per heavy atom. The molecule has 0 saturated carbocycles. The molecule has 5 rings (SSSR count). The molecule has 5 heteroatoms. The van der Waals surface area contributed by atoms with Gasteiger partial charge < -0.3 is 15.2 Å². The Hall–Kier alpha value is -3.41. The lowest BCUT2D eigenvalue weighted by Crippen LogP contribution is -2.58. The maximum atomic E-state index is 13.8. The summed E-state index contributed by atoms with van der Waals surface area (Å²) >= 11 is 0. The number of amides is 1. The molecular weight excluding hydrogens is 432 g/mol. The van der Waals surface area contributed by atoms with Crippen LogP contribution in [0.1, 0.15) is 16.7 Å². The van der Waals surface area contributed by atoms with E-state index in [2.05, 4.69) is 82.1 Å². The summed E-state index contributed by atoms with van der Waals surface area (Å²) in [6.07, 6.45) is 3.79. The lowest BCUT2D eigenvalue weighted by Gasteiger charge is -2.39. The minimum atomic E-state index is -0.182. The Balaban J connectivity index is 1.33. The van der Waals surface area contributed by atoms with Gasteiger partial charge >= 0.3 is 0 Å². The van der Waals surface area contributed by atoms with E-state index < -0.39 is 0 Å². The van der Waals surface area contributed by atoms with E-state index in [0.29, 0.717) is 12.6 Å². The summed E-state index contributed by atoms with van der Waals surface area (Å²) in [5.41, 5.74) is 4.85. The van der Waals surface area contributed by atoms with E-state index in [-0.39, 0.29) is 11.9 Å². The van der Waals surface area contributed by atoms with Gasteiger partial charge in [0.2, 0.25) is 5.91 Å². The van der Waals surface area contributed by atoms with Gasteiger partial charge in [-0.05, 0) is 35.6 Å². The van der Waals surface area contributed by atoms with Crippen molar-refractivity contribution in [3.05, 3.63) is 108 Å². The Kier molecular flexibility index (Phi) is 7.26. The van der Waals surface area contributed by atoms with Gasteiger partial charge in [0.1, 0.15) is 0 Å². The predicted octanol–water partition coefficient (Wildman–Crippen LogP) is 4.25. The number of aromatic amines is 1. The zero-order valence-electron chi connectivity index (χ0n) is 20.4. The summed E-state index contributed by atoms with van der Waals surface area (Å²) in [6.45, 7) is 3.22. The lowest BCUT2D eigenvalue weighted by molar-refractivity contribution is -0.136. The zero-order valence-corrected chi connectivity index (χ0v) is 20.4. The highest BCUT2D eigenvalue weighted by Crippen LogP contribution is 2.21. The minimum Gasteiger partial charge on any atom is -0.361 e. The lowest BCUT2D eigenvalue weighted by atomic mass is 9.99. The molecule has 1 aliphatic rings. The molecule has 2 atom stereocenters. The molecule has 0 aliphatic carbocycles. The van der Waals surface area contributed by atoms with E-state index in [1.165, 1.54) is 22.0 Å². The average Bonchev–Trinajstić information content (AvgIpc) is 3.31. The summed E-state index contributed by atoms with van der Waals surface area (Å²) in [4.78, 5) is 21.5. The minimum absolute atomic E-state index is 0.182. The van der Waals surface area contributed by atoms with E-state index in [9.17, 15) is 4.79 Å². The molecular formula is C30H34N4O. The summed E-state index contributed by atoms with van der Waals surface area (Å²) in [5, 5.41) is 4.98. The SMILES string of the molecule is CN(Cc1ccccc1)C(=O)[C@@H](Cc1ccccc1)N1CCN[C@H](Cc2c[nH]c3ccccc23)C1. The van der Waals surface area contributed by atoms with E-state index in [0.717, 1.165) is 38.0 Å². The number of carbonyl (C=O) groups excluding carboxylic acids is 1. The van der Waals surface area contributed by atoms with E-state index in [1.54, 1.807) is 0 Å². The van der Waals surface area contributed by atoms with Crippen LogP contribution >= 0.6 is 0 Å². The molecule has 1 saturated heterocycles. The predicted molar refractivity (Wildman–Crippen MR) is 142 cm³/mol. The molecule has 0 spiro atoms. The number of fused-ring (bicyclic) bond motifs is 1. The van der Waals surface area contributed by atoms with Crippen LogP contribution < -0.4 is 5.32 Å². The van der Waals surface area contributed by atoms with Crippen LogP contribution in [0.15, 0.2) is 91.1 Å². The summed E-state index contributed by atoms with van der Waals surface area (Å²) in [7, 11) is 1.93. The number of rotatable bonds is 8. The number of likely N-dealkylation sites (N-methyl/N-ethyl adjacent to an activating group) is 1. The molecule has 5 nitrogen and oxygen atoms in total. The number of H-pyrrole nitrogens is 1. The Bertz CT molecular complexity index is 1240. The van der Waals surface area contributed by atoms with Crippen LogP contribution in [0, 0.1) is 0 Å². The number of piperazine rings is 1. The van der Waals surface area contributed by atoms with Gasteiger partial charge in [-0.25, -0.2) is 0 Å². The second kappa shape index (κ2) is 10.9. The Labute approximate surface area is 207 Å². The van der Waals surface area contributed by atoms with Crippen molar-refractivity contribution in [3.63, 3.8) is 0 Å². The summed E-state index contributed by atoms with van der Waals surface area (Å²) in [5.74, 6) is 0.186. The van der Waals surface area contributed by atoms with Crippen molar-refractivity contribution in [3.8, 4) is 0 Å². The molecule has 0 bridgehead atoms. The third kappa shape index (κ3) is 5.64. The van der Waals surface area contributed by atoms with Gasteiger partial charge in [0.05, 0.1) is 6.04 Å². The standard InChI is InChI=1S/C30H34N4O/c1-33(21-24-12-6-3-7-13-24)30(35)29(18-23-10-4-2-5-11-23)34-17-16-31-26(22-34)19-25-20-32-28-15-9-8-14-27(25)28/h2-15,20,26,29,31-32H,16-19,21-22H2,1H3/t26-,29-/m1/s1. The molecule has 2 heterocycles. The van der Waals surface area contributed by atoms with Crippen molar-refractivity contribution >= 4 is 16.8 Å². The highest BCUT2D eigenvalue weighted by atomic mass is 16.2. The number of hydrogen-bond donors (Lipinski definition) is 2. The number of hydrogen-bond acceptors (Lipinski definition) is 3. The number of aromatic nitrogens is 1. The van der Waals surface area contributed by atoms with Crippen LogP contribution in [0.4, 0.5) is 0 Å². The number of carbonyl (C=O) groups is 1. The van der Waals surface area contributed by atoms with Crippen LogP contribution in [0.25, 0.3) is 10.9 Å². The van der Waals surface area contributed by atoms with Crippen LogP contribution in [-0.2, 0) is 24.2 Å². The number of para-hydroxylation sites is 1. The summed E-state index contributed by atoms with van der Waals surface area (Å²) < 4.78 is 0. The van der Waals surface area contributed by atoms with Crippen molar-refractivity contribution in [2.24, 2.45) is 0 Å². The smallest absolute Gasteiger partial charge is 0.240 e. The van der Waals surface area contributed by atoms with Crippen LogP contribution in [0.3, 0.4) is 0 Å². The highest BCUT2D eigenvalue weighted by molar-refractivity contribution is 5.83. The van der Waals surface area contributed by atoms with E-state index in [1.807, 2.05) is 36.2 Å². The number of nitrogens with one attached hydrogen (secondary N) is 2. The molecule has 180 valence electrons. The molecule has 0 radical (unpaired) electrons. The molecule has 4 aromatic rings. The van der Waals surface area contributed by atoms with Crippen LogP contribution in [0.2, 0.25) is 0 Å². The molecule has 1 aromatic heterocycles. The highest BCUT2D eigenvalue weighted by Gasteiger charge is 2.32. The van der Waals surface area contributed by atoms with Gasteiger partial charge in [0.15, 0.2) is 0 Å². The zero-order chi connectivity index (χ0) is 24.0.